The van der Waals surface area contributed by atoms with Crippen molar-refractivity contribution in [1.82, 2.24) is 19.8 Å². The van der Waals surface area contributed by atoms with E-state index in [4.69, 9.17) is 0 Å². The number of sulfonamides is 1. The summed E-state index contributed by atoms with van der Waals surface area (Å²) in [6.45, 7) is 8.61. The van der Waals surface area contributed by atoms with Crippen molar-refractivity contribution in [2.45, 2.75) is 25.2 Å². The van der Waals surface area contributed by atoms with Gasteiger partial charge in [-0.15, -0.1) is 0 Å². The van der Waals surface area contributed by atoms with Gasteiger partial charge < -0.3 is 10.6 Å². The maximum absolute atomic E-state index is 12.7. The van der Waals surface area contributed by atoms with Gasteiger partial charge in [-0.25, -0.2) is 8.42 Å². The van der Waals surface area contributed by atoms with Crippen molar-refractivity contribution in [1.29, 1.82) is 0 Å². The van der Waals surface area contributed by atoms with E-state index in [-0.39, 0.29) is 5.91 Å². The number of carbonyl (C=O) groups is 1. The Bertz CT molecular complexity index is 668. The molecule has 1 aromatic carbocycles. The number of aryl methyl sites for hydroxylation is 1. The van der Waals surface area contributed by atoms with Crippen LogP contribution >= 0.6 is 0 Å². The van der Waals surface area contributed by atoms with Crippen molar-refractivity contribution in [2.75, 3.05) is 52.4 Å². The largest absolute Gasteiger partial charge is 0.354 e. The second kappa shape index (κ2) is 10.0. The Morgan fingerprint density at radius 3 is 2.31 bits per heavy atom. The van der Waals surface area contributed by atoms with Gasteiger partial charge in [-0.1, -0.05) is 24.6 Å². The van der Waals surface area contributed by atoms with Crippen LogP contribution in [-0.4, -0.2) is 75.9 Å². The van der Waals surface area contributed by atoms with Crippen LogP contribution in [0.15, 0.2) is 29.2 Å². The molecule has 1 fully saturated rings. The summed E-state index contributed by atoms with van der Waals surface area (Å²) in [6, 6.07) is 6.92. The Morgan fingerprint density at radius 1 is 1.04 bits per heavy atom. The lowest BCUT2D eigenvalue weighted by Crippen LogP contribution is -2.51. The highest BCUT2D eigenvalue weighted by Crippen LogP contribution is 2.18. The van der Waals surface area contributed by atoms with Gasteiger partial charge >= 0.3 is 0 Å². The fourth-order valence-corrected chi connectivity index (χ4v) is 4.26. The third kappa shape index (κ3) is 6.05. The highest BCUT2D eigenvalue weighted by Gasteiger charge is 2.28. The minimum absolute atomic E-state index is 0.0156. The van der Waals surface area contributed by atoms with Crippen molar-refractivity contribution in [3.8, 4) is 0 Å². The van der Waals surface area contributed by atoms with Crippen LogP contribution in [0.1, 0.15) is 18.9 Å². The number of nitrogens with one attached hydrogen (secondary N) is 2. The molecule has 1 saturated heterocycles. The Labute approximate surface area is 156 Å². The van der Waals surface area contributed by atoms with Crippen LogP contribution in [0.4, 0.5) is 0 Å². The molecule has 0 saturated carbocycles. The Kier molecular flexibility index (Phi) is 8.02. The molecule has 7 nitrogen and oxygen atoms in total. The predicted octanol–water partition coefficient (Wildman–Crippen LogP) is 0.417. The number of benzene rings is 1. The lowest BCUT2D eigenvalue weighted by atomic mass is 10.2. The van der Waals surface area contributed by atoms with Gasteiger partial charge in [0.15, 0.2) is 0 Å². The third-order valence-electron chi connectivity index (χ3n) is 4.41. The smallest absolute Gasteiger partial charge is 0.243 e. The number of nitrogens with zero attached hydrogens (tertiary/aromatic N) is 2. The molecule has 8 heteroatoms. The minimum atomic E-state index is -3.46. The van der Waals surface area contributed by atoms with E-state index in [1.54, 1.807) is 12.1 Å². The fourth-order valence-electron chi connectivity index (χ4n) is 2.84. The highest BCUT2D eigenvalue weighted by molar-refractivity contribution is 7.89. The van der Waals surface area contributed by atoms with Crippen LogP contribution in [0.3, 0.4) is 0 Å². The molecule has 26 heavy (non-hydrogen) atoms. The number of hydrogen-bond acceptors (Lipinski definition) is 5. The molecule has 1 aliphatic rings. The molecule has 0 bridgehead atoms. The summed E-state index contributed by atoms with van der Waals surface area (Å²) in [4.78, 5) is 14.3. The molecule has 0 spiro atoms. The SMILES string of the molecule is CCCNCCNC(=O)CN1CCN(S(=O)(=O)c2ccc(C)cc2)CC1. The first-order chi connectivity index (χ1) is 12.4. The van der Waals surface area contributed by atoms with E-state index >= 15 is 0 Å². The monoisotopic (exact) mass is 382 g/mol. The first-order valence-corrected chi connectivity index (χ1v) is 10.6. The third-order valence-corrected chi connectivity index (χ3v) is 6.32. The van der Waals surface area contributed by atoms with E-state index in [9.17, 15) is 13.2 Å². The number of hydrogen-bond donors (Lipinski definition) is 2. The van der Waals surface area contributed by atoms with Crippen molar-refractivity contribution in [3.05, 3.63) is 29.8 Å². The highest BCUT2D eigenvalue weighted by atomic mass is 32.2. The second-order valence-electron chi connectivity index (χ2n) is 6.59. The van der Waals surface area contributed by atoms with Gasteiger partial charge in [-0.05, 0) is 32.0 Å². The number of amides is 1. The van der Waals surface area contributed by atoms with Crippen LogP contribution in [0.5, 0.6) is 0 Å². The van der Waals surface area contributed by atoms with Crippen molar-refractivity contribution < 1.29 is 13.2 Å². The van der Waals surface area contributed by atoms with E-state index in [2.05, 4.69) is 17.6 Å². The van der Waals surface area contributed by atoms with E-state index < -0.39 is 10.0 Å². The second-order valence-corrected chi connectivity index (χ2v) is 8.53. The normalized spacial score (nSPS) is 16.5. The summed E-state index contributed by atoms with van der Waals surface area (Å²) in [6.07, 6.45) is 1.07. The zero-order valence-corrected chi connectivity index (χ0v) is 16.5. The molecule has 1 aliphatic heterocycles. The van der Waals surface area contributed by atoms with Crippen LogP contribution < -0.4 is 10.6 Å². The van der Waals surface area contributed by atoms with Gasteiger partial charge in [-0.2, -0.15) is 4.31 Å². The van der Waals surface area contributed by atoms with Crippen molar-refractivity contribution >= 4 is 15.9 Å². The Hall–Kier alpha value is -1.48. The molecule has 0 radical (unpaired) electrons. The standard InChI is InChI=1S/C18H30N4O3S/c1-3-8-19-9-10-20-18(23)15-21-11-13-22(14-12-21)26(24,25)17-6-4-16(2)5-7-17/h4-7,19H,3,8-15H2,1-2H3,(H,20,23). The molecule has 1 heterocycles. The van der Waals surface area contributed by atoms with Gasteiger partial charge in [0.2, 0.25) is 15.9 Å². The summed E-state index contributed by atoms with van der Waals surface area (Å²) < 4.78 is 26.9. The zero-order valence-electron chi connectivity index (χ0n) is 15.7. The minimum Gasteiger partial charge on any atom is -0.354 e. The van der Waals surface area contributed by atoms with E-state index in [1.807, 2.05) is 24.0 Å². The van der Waals surface area contributed by atoms with E-state index in [0.29, 0.717) is 44.2 Å². The summed E-state index contributed by atoms with van der Waals surface area (Å²) in [5, 5.41) is 6.12. The molecule has 0 aliphatic carbocycles. The number of piperazine rings is 1. The summed E-state index contributed by atoms with van der Waals surface area (Å²) in [5.74, 6) is -0.0156. The summed E-state index contributed by atoms with van der Waals surface area (Å²) >= 11 is 0. The first kappa shape index (κ1) is 20.8. The molecular formula is C18H30N4O3S. The predicted molar refractivity (Wildman–Crippen MR) is 103 cm³/mol. The average molecular weight is 383 g/mol. The molecule has 2 rings (SSSR count). The Balaban J connectivity index is 1.76. The van der Waals surface area contributed by atoms with Gasteiger partial charge in [0.25, 0.3) is 0 Å². The number of carbonyl (C=O) groups excluding carboxylic acids is 1. The number of rotatable bonds is 9. The van der Waals surface area contributed by atoms with Gasteiger partial charge in [-0.3, -0.25) is 9.69 Å². The molecule has 0 atom stereocenters. The van der Waals surface area contributed by atoms with Gasteiger partial charge in [0.1, 0.15) is 0 Å². The van der Waals surface area contributed by atoms with Crippen LogP contribution in [0.25, 0.3) is 0 Å². The quantitative estimate of drug-likeness (QED) is 0.605. The lowest BCUT2D eigenvalue weighted by Gasteiger charge is -2.33. The molecule has 1 aromatic rings. The van der Waals surface area contributed by atoms with Crippen LogP contribution in [0.2, 0.25) is 0 Å². The van der Waals surface area contributed by atoms with Crippen LogP contribution in [-0.2, 0) is 14.8 Å². The summed E-state index contributed by atoms with van der Waals surface area (Å²) in [5.41, 5.74) is 1.03. The van der Waals surface area contributed by atoms with Gasteiger partial charge in [0.05, 0.1) is 11.4 Å². The molecule has 0 aromatic heterocycles. The molecule has 0 unspecified atom stereocenters. The fraction of sp³-hybridized carbons (Fsp3) is 0.611. The topological polar surface area (TPSA) is 81.8 Å². The molecule has 146 valence electrons. The Morgan fingerprint density at radius 2 is 1.69 bits per heavy atom. The van der Waals surface area contributed by atoms with Crippen molar-refractivity contribution in [2.24, 2.45) is 0 Å². The van der Waals surface area contributed by atoms with Gasteiger partial charge in [0, 0.05) is 39.3 Å². The van der Waals surface area contributed by atoms with Crippen molar-refractivity contribution in [3.63, 3.8) is 0 Å². The summed E-state index contributed by atoms with van der Waals surface area (Å²) in [7, 11) is -3.46. The zero-order chi connectivity index (χ0) is 19.0. The molecular weight excluding hydrogens is 352 g/mol. The maximum atomic E-state index is 12.7. The van der Waals surface area contributed by atoms with E-state index in [0.717, 1.165) is 25.1 Å². The maximum Gasteiger partial charge on any atom is 0.243 e. The van der Waals surface area contributed by atoms with Crippen LogP contribution in [0, 0.1) is 6.92 Å². The van der Waals surface area contributed by atoms with E-state index in [1.165, 1.54) is 4.31 Å². The molecule has 2 N–H and O–H groups in total. The lowest BCUT2D eigenvalue weighted by molar-refractivity contribution is -0.122. The first-order valence-electron chi connectivity index (χ1n) is 9.20. The molecule has 1 amide bonds. The average Bonchev–Trinajstić information content (AvgIpc) is 2.62.